The quantitative estimate of drug-likeness (QED) is 0.185. The first-order chi connectivity index (χ1) is 24.8. The molecule has 3 nitrogen and oxygen atoms in total. The van der Waals surface area contributed by atoms with Gasteiger partial charge >= 0.3 is 0 Å². The van der Waals surface area contributed by atoms with Crippen LogP contribution in [0.4, 0.5) is 0 Å². The zero-order valence-corrected chi connectivity index (χ0v) is 27.8. The molecular formula is C46H29N3S. The van der Waals surface area contributed by atoms with Crippen LogP contribution in [0.15, 0.2) is 176 Å². The van der Waals surface area contributed by atoms with Gasteiger partial charge in [0.05, 0.1) is 22.4 Å². The van der Waals surface area contributed by atoms with Gasteiger partial charge in [0.1, 0.15) is 0 Å². The van der Waals surface area contributed by atoms with Crippen molar-refractivity contribution in [2.24, 2.45) is 0 Å². The Kier molecular flexibility index (Phi) is 6.68. The van der Waals surface area contributed by atoms with Gasteiger partial charge in [-0.1, -0.05) is 146 Å². The average molecular weight is 656 g/mol. The van der Waals surface area contributed by atoms with E-state index in [2.05, 4.69) is 174 Å². The summed E-state index contributed by atoms with van der Waals surface area (Å²) >= 11 is 1.83. The summed E-state index contributed by atoms with van der Waals surface area (Å²) in [5.74, 6) is 0.703. The topological polar surface area (TPSA) is 30.7 Å². The number of fused-ring (bicyclic) bond motifs is 6. The van der Waals surface area contributed by atoms with Crippen molar-refractivity contribution in [3.8, 4) is 50.7 Å². The molecule has 0 aliphatic carbocycles. The molecule has 0 fully saturated rings. The van der Waals surface area contributed by atoms with Crippen LogP contribution in [0.25, 0.3) is 92.7 Å². The largest absolute Gasteiger partial charge is 0.309 e. The Hall–Kier alpha value is -6.36. The molecule has 4 heteroatoms. The van der Waals surface area contributed by atoms with E-state index in [0.717, 1.165) is 44.8 Å². The molecule has 0 unspecified atom stereocenters. The molecule has 0 radical (unpaired) electrons. The van der Waals surface area contributed by atoms with E-state index in [-0.39, 0.29) is 0 Å². The number of aromatic nitrogens is 3. The number of rotatable bonds is 5. The van der Waals surface area contributed by atoms with Crippen molar-refractivity contribution in [3.63, 3.8) is 0 Å². The van der Waals surface area contributed by atoms with Crippen molar-refractivity contribution < 1.29 is 0 Å². The molecular weight excluding hydrogens is 627 g/mol. The van der Waals surface area contributed by atoms with Gasteiger partial charge < -0.3 is 4.57 Å². The molecule has 7 aromatic carbocycles. The van der Waals surface area contributed by atoms with Crippen LogP contribution in [0.3, 0.4) is 0 Å². The Balaban J connectivity index is 1.25. The lowest BCUT2D eigenvalue weighted by Crippen LogP contribution is -1.99. The molecule has 0 aliphatic rings. The lowest BCUT2D eigenvalue weighted by Gasteiger charge is -2.14. The molecule has 0 bridgehead atoms. The van der Waals surface area contributed by atoms with E-state index >= 15 is 0 Å². The van der Waals surface area contributed by atoms with Gasteiger partial charge in [0, 0.05) is 53.3 Å². The van der Waals surface area contributed by atoms with Crippen molar-refractivity contribution in [2.45, 2.75) is 0 Å². The van der Waals surface area contributed by atoms with Crippen LogP contribution in [-0.2, 0) is 0 Å². The number of thiophene rings is 1. The minimum Gasteiger partial charge on any atom is -0.309 e. The molecule has 3 aromatic heterocycles. The molecule has 0 amide bonds. The summed E-state index contributed by atoms with van der Waals surface area (Å²) in [5.41, 5.74) is 10.7. The van der Waals surface area contributed by atoms with Gasteiger partial charge in [0.2, 0.25) is 0 Å². The molecule has 234 valence electrons. The van der Waals surface area contributed by atoms with E-state index in [1.807, 2.05) is 17.4 Å². The summed E-state index contributed by atoms with van der Waals surface area (Å²) in [4.78, 5) is 10.7. The van der Waals surface area contributed by atoms with Crippen LogP contribution >= 0.6 is 11.3 Å². The molecule has 50 heavy (non-hydrogen) atoms. The van der Waals surface area contributed by atoms with E-state index in [1.165, 1.54) is 42.0 Å². The fraction of sp³-hybridized carbons (Fsp3) is 0. The molecule has 0 saturated carbocycles. The summed E-state index contributed by atoms with van der Waals surface area (Å²) in [5, 5.41) is 4.94. The van der Waals surface area contributed by atoms with Crippen molar-refractivity contribution in [1.82, 2.24) is 14.5 Å². The predicted molar refractivity (Wildman–Crippen MR) is 211 cm³/mol. The van der Waals surface area contributed by atoms with E-state index in [4.69, 9.17) is 9.97 Å². The Morgan fingerprint density at radius 3 is 1.80 bits per heavy atom. The fourth-order valence-electron chi connectivity index (χ4n) is 7.31. The van der Waals surface area contributed by atoms with Crippen molar-refractivity contribution in [1.29, 1.82) is 0 Å². The van der Waals surface area contributed by atoms with Crippen LogP contribution in [0, 0.1) is 0 Å². The maximum absolute atomic E-state index is 5.36. The second-order valence-corrected chi connectivity index (χ2v) is 13.6. The lowest BCUT2D eigenvalue weighted by molar-refractivity contribution is 1.16. The maximum atomic E-state index is 5.36. The molecule has 0 aliphatic heterocycles. The summed E-state index contributed by atoms with van der Waals surface area (Å²) in [6, 6.07) is 62.4. The van der Waals surface area contributed by atoms with Gasteiger partial charge in [-0.2, -0.15) is 0 Å². The van der Waals surface area contributed by atoms with Gasteiger partial charge in [-0.25, -0.2) is 9.97 Å². The number of hydrogen-bond acceptors (Lipinski definition) is 3. The minimum atomic E-state index is 0.703. The Bertz CT molecular complexity index is 2850. The SMILES string of the molecule is c1ccc(-c2ccc(-c3nc(-c4cccc5c4sc4ccccc45)cc(-c4cccc5c6ccccc6n(-c6ccccc6)c45)n3)cc2)cc1. The smallest absolute Gasteiger partial charge is 0.160 e. The van der Waals surface area contributed by atoms with Crippen molar-refractivity contribution in [2.75, 3.05) is 0 Å². The molecule has 0 saturated heterocycles. The zero-order valence-electron chi connectivity index (χ0n) is 27.0. The van der Waals surface area contributed by atoms with E-state index in [0.29, 0.717) is 5.82 Å². The van der Waals surface area contributed by atoms with Crippen LogP contribution in [0.5, 0.6) is 0 Å². The molecule has 0 atom stereocenters. The van der Waals surface area contributed by atoms with Gasteiger partial charge in [0.25, 0.3) is 0 Å². The van der Waals surface area contributed by atoms with E-state index < -0.39 is 0 Å². The summed E-state index contributed by atoms with van der Waals surface area (Å²) in [7, 11) is 0. The summed E-state index contributed by atoms with van der Waals surface area (Å²) in [6.07, 6.45) is 0. The highest BCUT2D eigenvalue weighted by Gasteiger charge is 2.20. The Morgan fingerprint density at radius 2 is 1.00 bits per heavy atom. The highest BCUT2D eigenvalue weighted by atomic mass is 32.1. The van der Waals surface area contributed by atoms with Gasteiger partial charge in [0.15, 0.2) is 5.82 Å². The minimum absolute atomic E-state index is 0.703. The third kappa shape index (κ3) is 4.65. The van der Waals surface area contributed by atoms with Gasteiger partial charge in [-0.05, 0) is 41.5 Å². The number of hydrogen-bond donors (Lipinski definition) is 0. The van der Waals surface area contributed by atoms with Crippen molar-refractivity contribution in [3.05, 3.63) is 176 Å². The highest BCUT2D eigenvalue weighted by Crippen LogP contribution is 2.42. The first kappa shape index (κ1) is 28.6. The van der Waals surface area contributed by atoms with Gasteiger partial charge in [-0.15, -0.1) is 11.3 Å². The van der Waals surface area contributed by atoms with Crippen LogP contribution < -0.4 is 0 Å². The van der Waals surface area contributed by atoms with Crippen molar-refractivity contribution >= 4 is 53.3 Å². The van der Waals surface area contributed by atoms with Crippen LogP contribution in [-0.4, -0.2) is 14.5 Å². The normalized spacial score (nSPS) is 11.6. The molecule has 3 heterocycles. The third-order valence-electron chi connectivity index (χ3n) is 9.64. The second kappa shape index (κ2) is 11.7. The Morgan fingerprint density at radius 1 is 0.420 bits per heavy atom. The van der Waals surface area contributed by atoms with Crippen LogP contribution in [0.2, 0.25) is 0 Å². The molecule has 0 N–H and O–H groups in total. The number of para-hydroxylation sites is 3. The molecule has 10 rings (SSSR count). The first-order valence-electron chi connectivity index (χ1n) is 16.8. The third-order valence-corrected chi connectivity index (χ3v) is 10.9. The summed E-state index contributed by atoms with van der Waals surface area (Å²) in [6.45, 7) is 0. The van der Waals surface area contributed by atoms with Gasteiger partial charge in [-0.3, -0.25) is 0 Å². The lowest BCUT2D eigenvalue weighted by atomic mass is 10.0. The number of nitrogens with zero attached hydrogens (tertiary/aromatic N) is 3. The molecule has 10 aromatic rings. The predicted octanol–water partition coefficient (Wildman–Crippen LogP) is 12.6. The van der Waals surface area contributed by atoms with E-state index in [9.17, 15) is 0 Å². The standard InChI is InChI=1S/C46H29N3S/c1-3-13-30(14-4-1)31-25-27-32(28-26-31)46-47-40(29-41(48-46)39-22-12-20-37-35-18-8-10-24-43(35)50-45(37)39)38-21-11-19-36-34-17-7-9-23-42(34)49(44(36)38)33-15-5-2-6-16-33/h1-29H. The fourth-order valence-corrected chi connectivity index (χ4v) is 8.54. The zero-order chi connectivity index (χ0) is 33.0. The monoisotopic (exact) mass is 655 g/mol. The van der Waals surface area contributed by atoms with Crippen LogP contribution in [0.1, 0.15) is 0 Å². The molecule has 0 spiro atoms. The average Bonchev–Trinajstić information content (AvgIpc) is 3.75. The van der Waals surface area contributed by atoms with E-state index in [1.54, 1.807) is 0 Å². The maximum Gasteiger partial charge on any atom is 0.160 e. The first-order valence-corrected chi connectivity index (χ1v) is 17.7. The highest BCUT2D eigenvalue weighted by molar-refractivity contribution is 7.26. The summed E-state index contributed by atoms with van der Waals surface area (Å²) < 4.78 is 4.89. The second-order valence-electron chi connectivity index (χ2n) is 12.6. The number of benzene rings is 7. The Labute approximate surface area is 293 Å².